The summed E-state index contributed by atoms with van der Waals surface area (Å²) in [5.74, 6) is 5.92. The van der Waals surface area contributed by atoms with Gasteiger partial charge >= 0.3 is 0 Å². The van der Waals surface area contributed by atoms with Crippen LogP contribution in [0.4, 0.5) is 0 Å². The van der Waals surface area contributed by atoms with Crippen LogP contribution in [0.3, 0.4) is 0 Å². The molecule has 0 saturated heterocycles. The van der Waals surface area contributed by atoms with Crippen LogP contribution in [0.2, 0.25) is 0 Å². The zero-order valence-corrected chi connectivity index (χ0v) is 9.03. The van der Waals surface area contributed by atoms with Crippen LogP contribution in [-0.4, -0.2) is 17.3 Å². The Morgan fingerprint density at radius 1 is 1.60 bits per heavy atom. The molecule has 5 nitrogen and oxygen atoms in total. The Balaban J connectivity index is 2.78. The fourth-order valence-corrected chi connectivity index (χ4v) is 1.22. The lowest BCUT2D eigenvalue weighted by atomic mass is 10.1. The number of methoxy groups -OCH3 is 1. The smallest absolute Gasteiger partial charge is 0.233 e. The maximum absolute atomic E-state index is 5.43. The summed E-state index contributed by atoms with van der Waals surface area (Å²) < 4.78 is 4.92. The molecule has 0 saturated carbocycles. The summed E-state index contributed by atoms with van der Waals surface area (Å²) in [7, 11) is 1.55. The van der Waals surface area contributed by atoms with Gasteiger partial charge in [-0.3, -0.25) is 11.3 Å². The number of ether oxygens (including phenoxy) is 1. The average Bonchev–Trinajstić information content (AvgIpc) is 2.26. The Hall–Kier alpha value is -1.46. The van der Waals surface area contributed by atoms with E-state index in [1.54, 1.807) is 13.2 Å². The van der Waals surface area contributed by atoms with Crippen molar-refractivity contribution in [1.29, 1.82) is 0 Å². The molecule has 0 radical (unpaired) electrons. The van der Waals surface area contributed by atoms with Gasteiger partial charge in [-0.2, -0.15) is 5.10 Å². The predicted octanol–water partition coefficient (Wildman–Crippen LogP) is 0.956. The Morgan fingerprint density at radius 2 is 2.33 bits per heavy atom. The van der Waals surface area contributed by atoms with E-state index in [-0.39, 0.29) is 6.04 Å². The first-order chi connectivity index (χ1) is 7.17. The molecule has 5 heteroatoms. The van der Waals surface area contributed by atoms with Gasteiger partial charge in [-0.1, -0.05) is 5.57 Å². The van der Waals surface area contributed by atoms with Gasteiger partial charge in [0.05, 0.1) is 18.8 Å². The van der Waals surface area contributed by atoms with Crippen LogP contribution in [0.5, 0.6) is 5.88 Å². The largest absolute Gasteiger partial charge is 0.480 e. The first-order valence-electron chi connectivity index (χ1n) is 4.65. The summed E-state index contributed by atoms with van der Waals surface area (Å²) in [6.07, 6.45) is 0.734. The molecule has 0 aliphatic rings. The van der Waals surface area contributed by atoms with Gasteiger partial charge in [0.15, 0.2) is 0 Å². The van der Waals surface area contributed by atoms with Crippen molar-refractivity contribution in [3.05, 3.63) is 30.0 Å². The van der Waals surface area contributed by atoms with Crippen molar-refractivity contribution in [2.75, 3.05) is 7.11 Å². The summed E-state index contributed by atoms with van der Waals surface area (Å²) >= 11 is 0. The second kappa shape index (κ2) is 5.43. The van der Waals surface area contributed by atoms with Crippen LogP contribution in [0.1, 0.15) is 25.1 Å². The molecule has 0 aliphatic carbocycles. The molecule has 0 bridgehead atoms. The number of hydrogen-bond donors (Lipinski definition) is 2. The molecule has 1 atom stereocenters. The number of aromatic nitrogens is 2. The zero-order chi connectivity index (χ0) is 11.3. The van der Waals surface area contributed by atoms with Gasteiger partial charge in [0, 0.05) is 6.07 Å². The second-order valence-electron chi connectivity index (χ2n) is 3.38. The first-order valence-corrected chi connectivity index (χ1v) is 4.65. The van der Waals surface area contributed by atoms with Crippen LogP contribution >= 0.6 is 0 Å². The van der Waals surface area contributed by atoms with Crippen molar-refractivity contribution < 1.29 is 4.74 Å². The van der Waals surface area contributed by atoms with E-state index in [2.05, 4.69) is 22.2 Å². The number of rotatable bonds is 5. The maximum Gasteiger partial charge on any atom is 0.233 e. The van der Waals surface area contributed by atoms with E-state index in [1.807, 2.05) is 13.0 Å². The summed E-state index contributed by atoms with van der Waals surface area (Å²) in [6.45, 7) is 5.78. The number of hydrazine groups is 1. The third-order valence-corrected chi connectivity index (χ3v) is 1.98. The quantitative estimate of drug-likeness (QED) is 0.428. The highest BCUT2D eigenvalue weighted by molar-refractivity contribution is 5.15. The molecule has 0 aliphatic heterocycles. The zero-order valence-electron chi connectivity index (χ0n) is 9.03. The molecule has 3 N–H and O–H groups in total. The van der Waals surface area contributed by atoms with Crippen molar-refractivity contribution in [2.24, 2.45) is 5.84 Å². The molecule has 0 aromatic carbocycles. The monoisotopic (exact) mass is 208 g/mol. The van der Waals surface area contributed by atoms with E-state index < -0.39 is 0 Å². The minimum Gasteiger partial charge on any atom is -0.480 e. The highest BCUT2D eigenvalue weighted by Crippen LogP contribution is 2.17. The minimum absolute atomic E-state index is 0.0547. The number of nitrogens with two attached hydrogens (primary N) is 1. The van der Waals surface area contributed by atoms with E-state index in [1.165, 1.54) is 0 Å². The third kappa shape index (κ3) is 3.30. The van der Waals surface area contributed by atoms with E-state index in [4.69, 9.17) is 10.6 Å². The first kappa shape index (κ1) is 11.6. The highest BCUT2D eigenvalue weighted by Gasteiger charge is 2.11. The molecular formula is C10H16N4O. The predicted molar refractivity (Wildman–Crippen MR) is 58.1 cm³/mol. The van der Waals surface area contributed by atoms with E-state index in [0.717, 1.165) is 17.7 Å². The molecule has 0 spiro atoms. The normalized spacial score (nSPS) is 12.2. The van der Waals surface area contributed by atoms with Gasteiger partial charge in [-0.15, -0.1) is 11.7 Å². The van der Waals surface area contributed by atoms with Gasteiger partial charge in [0.2, 0.25) is 5.88 Å². The molecule has 1 heterocycles. The minimum atomic E-state index is -0.0547. The van der Waals surface area contributed by atoms with E-state index in [9.17, 15) is 0 Å². The second-order valence-corrected chi connectivity index (χ2v) is 3.38. The van der Waals surface area contributed by atoms with Gasteiger partial charge in [0.1, 0.15) is 0 Å². The molecule has 0 fully saturated rings. The number of nitrogens with zero attached hydrogens (tertiary/aromatic N) is 2. The van der Waals surface area contributed by atoms with Crippen molar-refractivity contribution in [3.8, 4) is 5.88 Å². The fraction of sp³-hybridized carbons (Fsp3) is 0.400. The molecule has 1 aromatic heterocycles. The van der Waals surface area contributed by atoms with Gasteiger partial charge in [-0.05, 0) is 19.4 Å². The molecule has 1 aromatic rings. The van der Waals surface area contributed by atoms with Gasteiger partial charge in [-0.25, -0.2) is 0 Å². The molecular weight excluding hydrogens is 192 g/mol. The number of hydrogen-bond acceptors (Lipinski definition) is 5. The molecule has 82 valence electrons. The van der Waals surface area contributed by atoms with E-state index in [0.29, 0.717) is 5.88 Å². The van der Waals surface area contributed by atoms with Crippen molar-refractivity contribution in [3.63, 3.8) is 0 Å². The molecule has 1 unspecified atom stereocenters. The van der Waals surface area contributed by atoms with E-state index >= 15 is 0 Å². The highest BCUT2D eigenvalue weighted by atomic mass is 16.5. The van der Waals surface area contributed by atoms with Crippen LogP contribution in [0.25, 0.3) is 0 Å². The van der Waals surface area contributed by atoms with Crippen LogP contribution in [0.15, 0.2) is 24.3 Å². The standard InChI is InChI=1S/C10H16N4O/c1-7(2)6-9(12-11)8-4-5-10(15-3)14-13-8/h4-5,9,12H,1,6,11H2,2-3H3. The topological polar surface area (TPSA) is 73.1 Å². The maximum atomic E-state index is 5.43. The fourth-order valence-electron chi connectivity index (χ4n) is 1.22. The van der Waals surface area contributed by atoms with Gasteiger partial charge in [0.25, 0.3) is 0 Å². The van der Waals surface area contributed by atoms with Crippen molar-refractivity contribution in [2.45, 2.75) is 19.4 Å². The summed E-state index contributed by atoms with van der Waals surface area (Å²) in [5.41, 5.74) is 4.50. The lowest BCUT2D eigenvalue weighted by Gasteiger charge is -2.14. The van der Waals surface area contributed by atoms with Gasteiger partial charge < -0.3 is 4.74 Å². The summed E-state index contributed by atoms with van der Waals surface area (Å²) in [6, 6.07) is 3.53. The summed E-state index contributed by atoms with van der Waals surface area (Å²) in [4.78, 5) is 0. The Kier molecular flexibility index (Phi) is 4.20. The Labute approximate surface area is 89.3 Å². The van der Waals surface area contributed by atoms with Crippen molar-refractivity contribution in [1.82, 2.24) is 15.6 Å². The lowest BCUT2D eigenvalue weighted by Crippen LogP contribution is -2.29. The SMILES string of the molecule is C=C(C)CC(NN)c1ccc(OC)nn1. The third-order valence-electron chi connectivity index (χ3n) is 1.98. The average molecular weight is 208 g/mol. The molecule has 15 heavy (non-hydrogen) atoms. The van der Waals surface area contributed by atoms with Crippen LogP contribution < -0.4 is 16.0 Å². The summed E-state index contributed by atoms with van der Waals surface area (Å²) in [5, 5.41) is 7.89. The van der Waals surface area contributed by atoms with Crippen LogP contribution in [-0.2, 0) is 0 Å². The Bertz CT molecular complexity index is 323. The Morgan fingerprint density at radius 3 is 2.73 bits per heavy atom. The molecule has 0 amide bonds. The molecule has 1 rings (SSSR count). The van der Waals surface area contributed by atoms with Crippen molar-refractivity contribution >= 4 is 0 Å². The lowest BCUT2D eigenvalue weighted by molar-refractivity contribution is 0.389. The number of nitrogens with one attached hydrogen (secondary N) is 1. The van der Waals surface area contributed by atoms with Crippen LogP contribution in [0, 0.1) is 0 Å².